The van der Waals surface area contributed by atoms with E-state index in [9.17, 15) is 4.79 Å². The van der Waals surface area contributed by atoms with Crippen molar-refractivity contribution in [1.82, 2.24) is 0 Å². The lowest BCUT2D eigenvalue weighted by Gasteiger charge is -2.47. The van der Waals surface area contributed by atoms with Gasteiger partial charge in [-0.1, -0.05) is 13.0 Å². The molecule has 5 saturated carbocycles. The van der Waals surface area contributed by atoms with E-state index in [4.69, 9.17) is 4.74 Å². The third-order valence-corrected chi connectivity index (χ3v) is 7.80. The summed E-state index contributed by atoms with van der Waals surface area (Å²) in [7, 11) is 0. The highest BCUT2D eigenvalue weighted by Crippen LogP contribution is 2.75. The fourth-order valence-corrected chi connectivity index (χ4v) is 7.67. The van der Waals surface area contributed by atoms with Crippen LogP contribution in [0.15, 0.2) is 12.7 Å². The molecule has 0 aliphatic heterocycles. The standard InChI is InChI=1S/C18H24O2/c1-2-15(19)20-18-9-13(12-4-3-5-14(12)18)16-10-6-7-11(8-10)17(16)18/h2,10-14,16-17H,1,3-9H2. The van der Waals surface area contributed by atoms with E-state index in [-0.39, 0.29) is 11.6 Å². The first-order valence-corrected chi connectivity index (χ1v) is 8.60. The summed E-state index contributed by atoms with van der Waals surface area (Å²) in [4.78, 5) is 12.0. The molecular formula is C18H24O2. The Kier molecular flexibility index (Phi) is 2.18. The Morgan fingerprint density at radius 3 is 2.85 bits per heavy atom. The maximum atomic E-state index is 12.0. The van der Waals surface area contributed by atoms with Crippen molar-refractivity contribution in [1.29, 1.82) is 0 Å². The third kappa shape index (κ3) is 1.17. The van der Waals surface area contributed by atoms with Crippen LogP contribution in [0.3, 0.4) is 0 Å². The van der Waals surface area contributed by atoms with Gasteiger partial charge in [-0.15, -0.1) is 0 Å². The number of rotatable bonds is 2. The van der Waals surface area contributed by atoms with Crippen molar-refractivity contribution in [3.8, 4) is 0 Å². The summed E-state index contributed by atoms with van der Waals surface area (Å²) in [6, 6.07) is 0. The summed E-state index contributed by atoms with van der Waals surface area (Å²) in [6.07, 6.45) is 10.9. The molecule has 5 aliphatic rings. The molecule has 5 rings (SSSR count). The molecule has 2 nitrogen and oxygen atoms in total. The van der Waals surface area contributed by atoms with Gasteiger partial charge in [-0.3, -0.25) is 0 Å². The minimum atomic E-state index is -0.167. The van der Waals surface area contributed by atoms with E-state index >= 15 is 0 Å². The number of ether oxygens (including phenoxy) is 1. The Morgan fingerprint density at radius 1 is 1.15 bits per heavy atom. The predicted molar refractivity (Wildman–Crippen MR) is 75.8 cm³/mol. The molecule has 0 aromatic heterocycles. The molecule has 20 heavy (non-hydrogen) atoms. The van der Waals surface area contributed by atoms with Crippen LogP contribution in [-0.4, -0.2) is 11.6 Å². The van der Waals surface area contributed by atoms with Crippen LogP contribution >= 0.6 is 0 Å². The maximum Gasteiger partial charge on any atom is 0.330 e. The fraction of sp³-hybridized carbons (Fsp3) is 0.833. The van der Waals surface area contributed by atoms with Gasteiger partial charge in [0.2, 0.25) is 0 Å². The van der Waals surface area contributed by atoms with Crippen LogP contribution in [-0.2, 0) is 9.53 Å². The van der Waals surface area contributed by atoms with Crippen LogP contribution in [0.5, 0.6) is 0 Å². The van der Waals surface area contributed by atoms with Gasteiger partial charge in [0, 0.05) is 17.9 Å². The summed E-state index contributed by atoms with van der Waals surface area (Å²) in [5, 5.41) is 0. The molecule has 0 saturated heterocycles. The monoisotopic (exact) mass is 272 g/mol. The number of carbonyl (C=O) groups is 1. The van der Waals surface area contributed by atoms with E-state index in [2.05, 4.69) is 6.58 Å². The van der Waals surface area contributed by atoms with Crippen LogP contribution in [0.25, 0.3) is 0 Å². The number of hydrogen-bond acceptors (Lipinski definition) is 2. The second kappa shape index (κ2) is 3.69. The van der Waals surface area contributed by atoms with Crippen molar-refractivity contribution in [3.05, 3.63) is 12.7 Å². The van der Waals surface area contributed by atoms with E-state index in [0.717, 1.165) is 29.6 Å². The summed E-state index contributed by atoms with van der Waals surface area (Å²) in [5.41, 5.74) is -0.0817. The quantitative estimate of drug-likeness (QED) is 0.436. The largest absolute Gasteiger partial charge is 0.455 e. The Morgan fingerprint density at radius 2 is 2.00 bits per heavy atom. The van der Waals surface area contributed by atoms with Gasteiger partial charge in [0.25, 0.3) is 0 Å². The molecule has 8 unspecified atom stereocenters. The van der Waals surface area contributed by atoms with Gasteiger partial charge in [-0.2, -0.15) is 0 Å². The Balaban J connectivity index is 1.59. The minimum absolute atomic E-state index is 0.0817. The van der Waals surface area contributed by atoms with Crippen LogP contribution in [0, 0.1) is 41.4 Å². The lowest BCUT2D eigenvalue weighted by Crippen LogP contribution is -2.50. The van der Waals surface area contributed by atoms with E-state index in [1.165, 1.54) is 51.0 Å². The molecule has 0 amide bonds. The number of hydrogen-bond donors (Lipinski definition) is 0. The number of carbonyl (C=O) groups excluding carboxylic acids is 1. The van der Waals surface area contributed by atoms with E-state index in [0.29, 0.717) is 11.8 Å². The molecule has 5 aliphatic carbocycles. The summed E-state index contributed by atoms with van der Waals surface area (Å²) < 4.78 is 6.16. The van der Waals surface area contributed by atoms with Crippen molar-refractivity contribution in [2.24, 2.45) is 41.4 Å². The van der Waals surface area contributed by atoms with Crippen LogP contribution < -0.4 is 0 Å². The minimum Gasteiger partial charge on any atom is -0.455 e. The summed E-state index contributed by atoms with van der Waals surface area (Å²) >= 11 is 0. The van der Waals surface area contributed by atoms with Gasteiger partial charge in [-0.05, 0) is 68.1 Å². The van der Waals surface area contributed by atoms with Gasteiger partial charge < -0.3 is 4.74 Å². The molecule has 0 aromatic carbocycles. The van der Waals surface area contributed by atoms with Crippen molar-refractivity contribution in [3.63, 3.8) is 0 Å². The molecule has 2 heteroatoms. The van der Waals surface area contributed by atoms with Gasteiger partial charge in [0.05, 0.1) is 0 Å². The SMILES string of the molecule is C=CC(=O)OC12CC(C3CCCC31)C1C3CCC(C3)C12. The molecule has 0 radical (unpaired) electrons. The van der Waals surface area contributed by atoms with Crippen molar-refractivity contribution >= 4 is 5.97 Å². The van der Waals surface area contributed by atoms with Crippen molar-refractivity contribution in [2.75, 3.05) is 0 Å². The first kappa shape index (κ1) is 11.8. The first-order valence-electron chi connectivity index (χ1n) is 8.60. The topological polar surface area (TPSA) is 26.3 Å². The molecular weight excluding hydrogens is 248 g/mol. The summed E-state index contributed by atoms with van der Waals surface area (Å²) in [6.45, 7) is 3.63. The Bertz CT molecular complexity index is 484. The fourth-order valence-electron chi connectivity index (χ4n) is 7.67. The zero-order valence-corrected chi connectivity index (χ0v) is 12.1. The molecule has 0 N–H and O–H groups in total. The highest BCUT2D eigenvalue weighted by Gasteiger charge is 2.74. The lowest BCUT2D eigenvalue weighted by atomic mass is 9.62. The summed E-state index contributed by atoms with van der Waals surface area (Å²) in [5.74, 6) is 5.67. The van der Waals surface area contributed by atoms with Gasteiger partial charge >= 0.3 is 5.97 Å². The average Bonchev–Trinajstić information content (AvgIpc) is 3.20. The second-order valence-electron chi connectivity index (χ2n) is 8.09. The smallest absolute Gasteiger partial charge is 0.330 e. The molecule has 0 aromatic rings. The Hall–Kier alpha value is -0.790. The number of esters is 1. The predicted octanol–water partition coefficient (Wildman–Crippen LogP) is 3.57. The molecule has 5 fully saturated rings. The number of fused-ring (bicyclic) bond motifs is 12. The second-order valence-corrected chi connectivity index (χ2v) is 8.09. The molecule has 0 heterocycles. The zero-order chi connectivity index (χ0) is 13.5. The highest BCUT2D eigenvalue weighted by molar-refractivity contribution is 5.81. The average molecular weight is 272 g/mol. The van der Waals surface area contributed by atoms with Gasteiger partial charge in [0.15, 0.2) is 0 Å². The van der Waals surface area contributed by atoms with Crippen LogP contribution in [0.1, 0.15) is 44.9 Å². The van der Waals surface area contributed by atoms with E-state index in [1.54, 1.807) is 0 Å². The van der Waals surface area contributed by atoms with E-state index < -0.39 is 0 Å². The van der Waals surface area contributed by atoms with Gasteiger partial charge in [-0.25, -0.2) is 4.79 Å². The van der Waals surface area contributed by atoms with E-state index in [1.807, 2.05) is 0 Å². The van der Waals surface area contributed by atoms with Crippen molar-refractivity contribution in [2.45, 2.75) is 50.5 Å². The molecule has 0 spiro atoms. The molecule has 108 valence electrons. The normalized spacial score (nSPS) is 57.7. The third-order valence-electron chi connectivity index (χ3n) is 7.80. The van der Waals surface area contributed by atoms with Gasteiger partial charge in [0.1, 0.15) is 5.60 Å². The molecule has 8 atom stereocenters. The first-order chi connectivity index (χ1) is 9.74. The zero-order valence-electron chi connectivity index (χ0n) is 12.1. The Labute approximate surface area is 120 Å². The highest BCUT2D eigenvalue weighted by atomic mass is 16.6. The lowest BCUT2D eigenvalue weighted by molar-refractivity contribution is -0.171. The molecule has 4 bridgehead atoms. The maximum absolute atomic E-state index is 12.0. The van der Waals surface area contributed by atoms with Crippen molar-refractivity contribution < 1.29 is 9.53 Å². The van der Waals surface area contributed by atoms with Crippen LogP contribution in [0.2, 0.25) is 0 Å². The van der Waals surface area contributed by atoms with Crippen LogP contribution in [0.4, 0.5) is 0 Å².